The lowest BCUT2D eigenvalue weighted by Gasteiger charge is -2.15. The van der Waals surface area contributed by atoms with Gasteiger partial charge in [-0.1, -0.05) is 13.3 Å². The topological polar surface area (TPSA) is 64.3 Å². The lowest BCUT2D eigenvalue weighted by Crippen LogP contribution is -2.40. The molecule has 0 fully saturated rings. The molecule has 0 radical (unpaired) electrons. The van der Waals surface area contributed by atoms with Gasteiger partial charge < -0.3 is 15.8 Å². The minimum Gasteiger partial charge on any atom is -0.381 e. The number of nitrogens with one attached hydrogen (secondary N) is 1. The summed E-state index contributed by atoms with van der Waals surface area (Å²) in [4.78, 5) is 11.3. The molecule has 0 aromatic carbocycles. The highest BCUT2D eigenvalue weighted by Gasteiger charge is 2.08. The monoisotopic (exact) mass is 202 g/mol. The first kappa shape index (κ1) is 13.4. The van der Waals surface area contributed by atoms with E-state index in [1.807, 2.05) is 6.92 Å². The number of amides is 1. The van der Waals surface area contributed by atoms with Crippen LogP contribution in [-0.2, 0) is 9.53 Å². The van der Waals surface area contributed by atoms with Crippen molar-refractivity contribution >= 4 is 5.91 Å². The summed E-state index contributed by atoms with van der Waals surface area (Å²) in [6, 6.07) is 0.120. The van der Waals surface area contributed by atoms with Crippen molar-refractivity contribution in [3.05, 3.63) is 0 Å². The summed E-state index contributed by atoms with van der Waals surface area (Å²) in [6.07, 6.45) is 2.40. The van der Waals surface area contributed by atoms with Crippen LogP contribution >= 0.6 is 0 Å². The van der Waals surface area contributed by atoms with Crippen LogP contribution in [0.25, 0.3) is 0 Å². The molecule has 0 spiro atoms. The van der Waals surface area contributed by atoms with Crippen LogP contribution in [0.1, 0.15) is 33.1 Å². The molecule has 0 saturated heterocycles. The summed E-state index contributed by atoms with van der Waals surface area (Å²) in [5.41, 5.74) is 5.52. The summed E-state index contributed by atoms with van der Waals surface area (Å²) in [5, 5.41) is 2.88. The van der Waals surface area contributed by atoms with E-state index in [1.165, 1.54) is 0 Å². The zero-order valence-corrected chi connectivity index (χ0v) is 9.21. The molecule has 1 atom stereocenters. The van der Waals surface area contributed by atoms with Crippen LogP contribution in [0.4, 0.5) is 0 Å². The van der Waals surface area contributed by atoms with Gasteiger partial charge in [0.05, 0.1) is 6.61 Å². The van der Waals surface area contributed by atoms with E-state index >= 15 is 0 Å². The van der Waals surface area contributed by atoms with Gasteiger partial charge in [-0.25, -0.2) is 0 Å². The number of hydrogen-bond acceptors (Lipinski definition) is 3. The van der Waals surface area contributed by atoms with Gasteiger partial charge in [0.15, 0.2) is 0 Å². The highest BCUT2D eigenvalue weighted by Crippen LogP contribution is 1.95. The molecule has 3 N–H and O–H groups in total. The Bertz CT molecular complexity index is 151. The number of hydrogen-bond donors (Lipinski definition) is 2. The maximum atomic E-state index is 11.3. The number of rotatable bonds is 8. The molecule has 4 heteroatoms. The normalized spacial score (nSPS) is 12.5. The van der Waals surface area contributed by atoms with Gasteiger partial charge in [-0.15, -0.1) is 0 Å². The van der Waals surface area contributed by atoms with Crippen LogP contribution in [-0.4, -0.2) is 31.7 Å². The first-order chi connectivity index (χ1) is 6.74. The largest absolute Gasteiger partial charge is 0.381 e. The van der Waals surface area contributed by atoms with Crippen molar-refractivity contribution in [2.75, 3.05) is 19.8 Å². The smallest absolute Gasteiger partial charge is 0.222 e. The molecule has 0 bridgehead atoms. The number of carbonyl (C=O) groups excluding carboxylic acids is 1. The molecule has 0 aliphatic carbocycles. The quantitative estimate of drug-likeness (QED) is 0.568. The van der Waals surface area contributed by atoms with Gasteiger partial charge in [0.1, 0.15) is 0 Å². The molecule has 0 aromatic heterocycles. The van der Waals surface area contributed by atoms with Crippen molar-refractivity contribution in [2.45, 2.75) is 39.2 Å². The molecular weight excluding hydrogens is 180 g/mol. The predicted molar refractivity (Wildman–Crippen MR) is 57.0 cm³/mol. The van der Waals surface area contributed by atoms with Crippen molar-refractivity contribution in [1.82, 2.24) is 5.32 Å². The number of ether oxygens (including phenoxy) is 1. The zero-order valence-electron chi connectivity index (χ0n) is 9.21. The van der Waals surface area contributed by atoms with E-state index in [4.69, 9.17) is 10.5 Å². The summed E-state index contributed by atoms with van der Waals surface area (Å²) in [5.74, 6) is 0.0300. The van der Waals surface area contributed by atoms with E-state index in [0.29, 0.717) is 26.2 Å². The average Bonchev–Trinajstić information content (AvgIpc) is 2.17. The Labute approximate surface area is 86.2 Å². The lowest BCUT2D eigenvalue weighted by molar-refractivity contribution is -0.122. The van der Waals surface area contributed by atoms with Crippen LogP contribution < -0.4 is 11.1 Å². The van der Waals surface area contributed by atoms with Crippen molar-refractivity contribution in [3.63, 3.8) is 0 Å². The van der Waals surface area contributed by atoms with Crippen LogP contribution in [0.2, 0.25) is 0 Å². The predicted octanol–water partition coefficient (Wildman–Crippen LogP) is 0.657. The molecule has 0 rings (SSSR count). The van der Waals surface area contributed by atoms with Gasteiger partial charge in [-0.05, 0) is 13.3 Å². The van der Waals surface area contributed by atoms with Crippen LogP contribution in [0.3, 0.4) is 0 Å². The molecular formula is C10H22N2O2. The molecule has 0 aliphatic heterocycles. The van der Waals surface area contributed by atoms with E-state index in [-0.39, 0.29) is 11.9 Å². The van der Waals surface area contributed by atoms with Crippen molar-refractivity contribution in [3.8, 4) is 0 Å². The fourth-order valence-electron chi connectivity index (χ4n) is 1.21. The molecule has 0 heterocycles. The molecule has 0 aromatic rings. The van der Waals surface area contributed by atoms with Gasteiger partial charge in [0.2, 0.25) is 5.91 Å². The Morgan fingerprint density at radius 2 is 2.21 bits per heavy atom. The molecule has 1 unspecified atom stereocenters. The third-order valence-electron chi connectivity index (χ3n) is 1.96. The van der Waals surface area contributed by atoms with E-state index in [9.17, 15) is 4.79 Å². The second-order valence-corrected chi connectivity index (χ2v) is 3.24. The highest BCUT2D eigenvalue weighted by molar-refractivity contribution is 5.76. The average molecular weight is 202 g/mol. The van der Waals surface area contributed by atoms with Gasteiger partial charge in [0.25, 0.3) is 0 Å². The Kier molecular flexibility index (Phi) is 8.57. The van der Waals surface area contributed by atoms with E-state index in [1.54, 1.807) is 0 Å². The van der Waals surface area contributed by atoms with Crippen molar-refractivity contribution in [1.29, 1.82) is 0 Å². The highest BCUT2D eigenvalue weighted by atomic mass is 16.5. The first-order valence-electron chi connectivity index (χ1n) is 5.31. The molecule has 4 nitrogen and oxygen atoms in total. The summed E-state index contributed by atoms with van der Waals surface area (Å²) in [6.45, 7) is 5.65. The van der Waals surface area contributed by atoms with Crippen LogP contribution in [0.15, 0.2) is 0 Å². The van der Waals surface area contributed by atoms with Gasteiger partial charge in [-0.3, -0.25) is 4.79 Å². The fourth-order valence-corrected chi connectivity index (χ4v) is 1.21. The van der Waals surface area contributed by atoms with Crippen molar-refractivity contribution in [2.24, 2.45) is 5.73 Å². The molecule has 0 aliphatic rings. The SMILES string of the molecule is CCCC(CN)NC(=O)CCOCC. The van der Waals surface area contributed by atoms with E-state index < -0.39 is 0 Å². The Balaban J connectivity index is 3.56. The van der Waals surface area contributed by atoms with Crippen LogP contribution in [0, 0.1) is 0 Å². The summed E-state index contributed by atoms with van der Waals surface area (Å²) >= 11 is 0. The fraction of sp³-hybridized carbons (Fsp3) is 0.900. The minimum absolute atomic E-state index is 0.0300. The second kappa shape index (κ2) is 8.97. The second-order valence-electron chi connectivity index (χ2n) is 3.24. The molecule has 0 saturated carbocycles. The van der Waals surface area contributed by atoms with E-state index in [2.05, 4.69) is 12.2 Å². The number of nitrogens with two attached hydrogens (primary N) is 1. The molecule has 84 valence electrons. The Hall–Kier alpha value is -0.610. The maximum Gasteiger partial charge on any atom is 0.222 e. The minimum atomic E-state index is 0.0300. The first-order valence-corrected chi connectivity index (χ1v) is 5.31. The van der Waals surface area contributed by atoms with Gasteiger partial charge in [0, 0.05) is 25.6 Å². The summed E-state index contributed by atoms with van der Waals surface area (Å²) in [7, 11) is 0. The number of carbonyl (C=O) groups is 1. The third-order valence-corrected chi connectivity index (χ3v) is 1.96. The molecule has 1 amide bonds. The Morgan fingerprint density at radius 1 is 1.50 bits per heavy atom. The van der Waals surface area contributed by atoms with Crippen LogP contribution in [0.5, 0.6) is 0 Å². The van der Waals surface area contributed by atoms with Crippen molar-refractivity contribution < 1.29 is 9.53 Å². The summed E-state index contributed by atoms with van der Waals surface area (Å²) < 4.78 is 5.09. The van der Waals surface area contributed by atoms with Gasteiger partial charge in [-0.2, -0.15) is 0 Å². The third kappa shape index (κ3) is 6.86. The molecule has 14 heavy (non-hydrogen) atoms. The van der Waals surface area contributed by atoms with Gasteiger partial charge >= 0.3 is 0 Å². The Morgan fingerprint density at radius 3 is 2.71 bits per heavy atom. The lowest BCUT2D eigenvalue weighted by atomic mass is 10.1. The standard InChI is InChI=1S/C10H22N2O2/c1-3-5-9(8-11)12-10(13)6-7-14-4-2/h9H,3-8,11H2,1-2H3,(H,12,13). The zero-order chi connectivity index (χ0) is 10.8. The maximum absolute atomic E-state index is 11.3. The van der Waals surface area contributed by atoms with E-state index in [0.717, 1.165) is 12.8 Å².